The summed E-state index contributed by atoms with van der Waals surface area (Å²) in [5.41, 5.74) is 18.7. The van der Waals surface area contributed by atoms with Crippen molar-refractivity contribution in [3.63, 3.8) is 0 Å². The number of hydrogen-bond donors (Lipinski definition) is 0. The zero-order valence-corrected chi connectivity index (χ0v) is 34.9. The van der Waals surface area contributed by atoms with Crippen molar-refractivity contribution in [1.29, 1.82) is 0 Å². The summed E-state index contributed by atoms with van der Waals surface area (Å²) < 4.78 is 0. The van der Waals surface area contributed by atoms with Crippen molar-refractivity contribution < 1.29 is 0 Å². The number of hydrogen-bond acceptors (Lipinski definition) is 2. The van der Waals surface area contributed by atoms with Gasteiger partial charge in [-0.2, -0.15) is 0 Å². The molecule has 0 N–H and O–H groups in total. The Morgan fingerprint density at radius 2 is 1.21 bits per heavy atom. The zero-order chi connectivity index (χ0) is 39.6. The number of fused-ring (bicyclic) bond motifs is 6. The van der Waals surface area contributed by atoms with Crippen LogP contribution in [0.2, 0.25) is 0 Å². The van der Waals surface area contributed by atoms with Crippen LogP contribution >= 0.6 is 0 Å². The van der Waals surface area contributed by atoms with Gasteiger partial charge in [0.25, 0.3) is 0 Å². The van der Waals surface area contributed by atoms with Crippen molar-refractivity contribution in [2.24, 2.45) is 11.8 Å². The lowest BCUT2D eigenvalue weighted by molar-refractivity contribution is 0.220. The van der Waals surface area contributed by atoms with Crippen molar-refractivity contribution in [1.82, 2.24) is 0 Å². The third-order valence-electron chi connectivity index (χ3n) is 14.3. The quantitative estimate of drug-likeness (QED) is 0.153. The van der Waals surface area contributed by atoms with Gasteiger partial charge in [-0.1, -0.05) is 126 Å². The Morgan fingerprint density at radius 1 is 0.569 bits per heavy atom. The highest BCUT2D eigenvalue weighted by molar-refractivity contribution is 5.86. The monoisotopic (exact) mass is 756 g/mol. The van der Waals surface area contributed by atoms with Gasteiger partial charge in [0.05, 0.1) is 0 Å². The summed E-state index contributed by atoms with van der Waals surface area (Å²) in [6.45, 7) is 12.2. The van der Waals surface area contributed by atoms with Crippen molar-refractivity contribution >= 4 is 34.0 Å². The summed E-state index contributed by atoms with van der Waals surface area (Å²) in [7, 11) is 0. The molecule has 5 aromatic rings. The Labute approximate surface area is 346 Å². The molecule has 5 aliphatic carbocycles. The van der Waals surface area contributed by atoms with Crippen molar-refractivity contribution in [3.05, 3.63) is 191 Å². The molecule has 2 heteroatoms. The molecule has 0 heterocycles. The Balaban J connectivity index is 0.974. The molecule has 3 atom stereocenters. The largest absolute Gasteiger partial charge is 0.311 e. The summed E-state index contributed by atoms with van der Waals surface area (Å²) in [5, 5.41) is 0. The number of allylic oxidation sites excluding steroid dienone is 9. The van der Waals surface area contributed by atoms with E-state index in [2.05, 4.69) is 202 Å². The van der Waals surface area contributed by atoms with Crippen molar-refractivity contribution in [3.8, 4) is 11.1 Å². The predicted octanol–water partition coefficient (Wildman–Crippen LogP) is 15.6. The number of anilines is 5. The second-order valence-electron chi connectivity index (χ2n) is 18.4. The van der Waals surface area contributed by atoms with E-state index in [9.17, 15) is 0 Å². The molecule has 0 fully saturated rings. The zero-order valence-electron chi connectivity index (χ0n) is 34.9. The van der Waals surface area contributed by atoms with E-state index in [1.165, 1.54) is 85.9 Å². The molecule has 2 nitrogen and oxygen atoms in total. The molecular weight excluding hydrogens is 701 g/mol. The average molecular weight is 757 g/mol. The van der Waals surface area contributed by atoms with E-state index in [1.807, 2.05) is 0 Å². The molecule has 5 aromatic carbocycles. The van der Waals surface area contributed by atoms with Gasteiger partial charge in [-0.05, 0) is 173 Å². The van der Waals surface area contributed by atoms with Crippen molar-refractivity contribution in [2.45, 2.75) is 89.9 Å². The van der Waals surface area contributed by atoms with Gasteiger partial charge in [0.1, 0.15) is 0 Å². The highest BCUT2D eigenvalue weighted by Crippen LogP contribution is 2.55. The van der Waals surface area contributed by atoms with Gasteiger partial charge in [0.15, 0.2) is 0 Å². The van der Waals surface area contributed by atoms with E-state index >= 15 is 0 Å². The number of nitrogens with zero attached hydrogens (tertiary/aromatic N) is 2. The summed E-state index contributed by atoms with van der Waals surface area (Å²) >= 11 is 0. The molecule has 0 saturated heterocycles. The second-order valence-corrected chi connectivity index (χ2v) is 18.4. The molecule has 0 radical (unpaired) electrons. The predicted molar refractivity (Wildman–Crippen MR) is 247 cm³/mol. The average Bonchev–Trinajstić information content (AvgIpc) is 3.35. The maximum absolute atomic E-state index is 2.53. The number of rotatable bonds is 7. The third kappa shape index (κ3) is 6.07. The minimum Gasteiger partial charge on any atom is -0.311 e. The first-order chi connectivity index (χ1) is 28.2. The molecule has 0 saturated carbocycles. The van der Waals surface area contributed by atoms with Crippen LogP contribution in [0.3, 0.4) is 0 Å². The van der Waals surface area contributed by atoms with Crippen LogP contribution in [-0.4, -0.2) is 0 Å². The third-order valence-corrected chi connectivity index (χ3v) is 14.3. The van der Waals surface area contributed by atoms with E-state index in [0.717, 1.165) is 25.7 Å². The summed E-state index contributed by atoms with van der Waals surface area (Å²) in [4.78, 5) is 4.89. The maximum atomic E-state index is 2.53. The first-order valence-electron chi connectivity index (χ1n) is 21.8. The highest BCUT2D eigenvalue weighted by Gasteiger charge is 2.45. The van der Waals surface area contributed by atoms with Crippen LogP contribution in [0.4, 0.5) is 28.4 Å². The lowest BCUT2D eigenvalue weighted by atomic mass is 9.57. The van der Waals surface area contributed by atoms with Crippen LogP contribution in [0.15, 0.2) is 169 Å². The summed E-state index contributed by atoms with van der Waals surface area (Å²) in [6.07, 6.45) is 23.5. The van der Waals surface area contributed by atoms with Crippen LogP contribution in [0.25, 0.3) is 16.7 Å². The van der Waals surface area contributed by atoms with E-state index in [0.29, 0.717) is 17.8 Å². The van der Waals surface area contributed by atoms with E-state index < -0.39 is 0 Å². The molecule has 3 unspecified atom stereocenters. The summed E-state index contributed by atoms with van der Waals surface area (Å²) in [6, 6.07) is 43.7. The molecule has 5 aliphatic rings. The minimum absolute atomic E-state index is 0.00249. The lowest BCUT2D eigenvalue weighted by Gasteiger charge is -2.47. The normalized spacial score (nSPS) is 22.1. The Bertz CT molecular complexity index is 2520. The summed E-state index contributed by atoms with van der Waals surface area (Å²) in [5.74, 6) is 1.80. The first kappa shape index (κ1) is 36.7. The maximum Gasteiger partial charge on any atom is 0.0464 e. The van der Waals surface area contributed by atoms with Gasteiger partial charge in [-0.3, -0.25) is 0 Å². The number of benzene rings is 5. The van der Waals surface area contributed by atoms with Gasteiger partial charge in [0.2, 0.25) is 0 Å². The minimum atomic E-state index is -0.00249. The lowest BCUT2D eigenvalue weighted by Crippen LogP contribution is -2.40. The highest BCUT2D eigenvalue weighted by atomic mass is 15.2. The molecule has 0 amide bonds. The van der Waals surface area contributed by atoms with Crippen LogP contribution in [-0.2, 0) is 10.8 Å². The topological polar surface area (TPSA) is 6.48 Å². The molecule has 0 spiro atoms. The molecule has 0 aliphatic heterocycles. The molecular formula is C56H56N2. The van der Waals surface area contributed by atoms with E-state index in [4.69, 9.17) is 0 Å². The standard InChI is InChI=1S/C56H56N2/c1-38-47-20-12-14-22-51(38)55(2,3)53-36-45(32-34-49(47)53)57(41-16-8-6-9-17-41)43-28-24-39(25-29-43)40-26-30-44(31-27-40)58(42-18-10-7-11-19-42)46-33-35-50-48-21-13-15-23-52(48)56(4,5)54(50)37-46/h6,8-10,14-19,22-38,47,51H,7,11-13,20-21H2,1-5H3. The Hall–Kier alpha value is -5.60. The molecule has 0 aromatic heterocycles. The fourth-order valence-corrected chi connectivity index (χ4v) is 11.3. The van der Waals surface area contributed by atoms with Gasteiger partial charge >= 0.3 is 0 Å². The van der Waals surface area contributed by atoms with Gasteiger partial charge in [0, 0.05) is 39.5 Å². The molecule has 2 bridgehead atoms. The fourth-order valence-electron chi connectivity index (χ4n) is 11.3. The second kappa shape index (κ2) is 14.3. The van der Waals surface area contributed by atoms with Crippen LogP contribution in [0.1, 0.15) is 101 Å². The van der Waals surface area contributed by atoms with E-state index in [1.54, 1.807) is 5.56 Å². The van der Waals surface area contributed by atoms with E-state index in [-0.39, 0.29) is 10.8 Å². The molecule has 290 valence electrons. The smallest absolute Gasteiger partial charge is 0.0464 e. The molecule has 10 rings (SSSR count). The SMILES string of the molecule is CC1C2CCC=CC1C(C)(C)c1cc(N(c3ccccc3)c3ccc(-c4ccc(N(C5=CCCC=C5)c5ccc6c(c5)C(C)(C)C5=C6CCC=C5)cc4)cc3)ccc12. The van der Waals surface area contributed by atoms with Gasteiger partial charge in [-0.15, -0.1) is 0 Å². The molecule has 58 heavy (non-hydrogen) atoms. The fraction of sp³-hybridized carbons (Fsp3) is 0.286. The van der Waals surface area contributed by atoms with Gasteiger partial charge < -0.3 is 9.80 Å². The first-order valence-corrected chi connectivity index (χ1v) is 21.8. The van der Waals surface area contributed by atoms with Crippen LogP contribution in [0, 0.1) is 11.8 Å². The van der Waals surface area contributed by atoms with Gasteiger partial charge in [-0.25, -0.2) is 0 Å². The Kier molecular flexibility index (Phi) is 9.08. The van der Waals surface area contributed by atoms with Crippen LogP contribution < -0.4 is 9.80 Å². The number of para-hydroxylation sites is 1. The van der Waals surface area contributed by atoms with Crippen LogP contribution in [0.5, 0.6) is 0 Å². The van der Waals surface area contributed by atoms with Crippen molar-refractivity contribution in [2.75, 3.05) is 9.80 Å². The Morgan fingerprint density at radius 3 is 1.93 bits per heavy atom.